The highest BCUT2D eigenvalue weighted by Crippen LogP contribution is 1.64. The number of nitrogens with one attached hydrogen (secondary N) is 1. The molecule has 1 N–H and O–H groups in total. The van der Waals surface area contributed by atoms with Crippen LogP contribution in [-0.4, -0.2) is 29.0 Å². The molecule has 0 aromatic heterocycles. The van der Waals surface area contributed by atoms with Crippen molar-refractivity contribution in [1.82, 2.24) is 4.72 Å². The third-order valence-electron chi connectivity index (χ3n) is 0.526. The summed E-state index contributed by atoms with van der Waals surface area (Å²) in [7, 11) is 1.51. The van der Waals surface area contributed by atoms with Crippen molar-refractivity contribution in [2.45, 2.75) is 0 Å². The van der Waals surface area contributed by atoms with Crippen LogP contribution in [0.5, 0.6) is 0 Å². The SMILES string of the molecule is COCCNS(=O)[O-]. The number of hydrogen-bond acceptors (Lipinski definition) is 3. The van der Waals surface area contributed by atoms with Gasteiger partial charge in [0.1, 0.15) is 0 Å². The zero-order valence-corrected chi connectivity index (χ0v) is 5.36. The van der Waals surface area contributed by atoms with Gasteiger partial charge >= 0.3 is 0 Å². The normalized spacial score (nSPS) is 13.8. The molecule has 0 aromatic carbocycles. The van der Waals surface area contributed by atoms with Crippen LogP contribution in [0.2, 0.25) is 0 Å². The van der Waals surface area contributed by atoms with Gasteiger partial charge in [-0.15, -0.1) is 0 Å². The Labute approximate surface area is 50.6 Å². The van der Waals surface area contributed by atoms with Gasteiger partial charge in [0.05, 0.1) is 6.61 Å². The van der Waals surface area contributed by atoms with Crippen molar-refractivity contribution in [3.63, 3.8) is 0 Å². The van der Waals surface area contributed by atoms with Crippen LogP contribution in [0.3, 0.4) is 0 Å². The van der Waals surface area contributed by atoms with E-state index in [2.05, 4.69) is 9.46 Å². The van der Waals surface area contributed by atoms with Crippen molar-refractivity contribution in [2.24, 2.45) is 0 Å². The topological polar surface area (TPSA) is 61.4 Å². The molecule has 0 bridgehead atoms. The maximum atomic E-state index is 9.71. The van der Waals surface area contributed by atoms with Gasteiger partial charge < -0.3 is 9.29 Å². The summed E-state index contributed by atoms with van der Waals surface area (Å²) in [6.45, 7) is 0.751. The van der Waals surface area contributed by atoms with Crippen LogP contribution in [-0.2, 0) is 16.0 Å². The van der Waals surface area contributed by atoms with Crippen LogP contribution in [0.25, 0.3) is 0 Å². The molecule has 0 aromatic rings. The van der Waals surface area contributed by atoms with Crippen LogP contribution >= 0.6 is 0 Å². The van der Waals surface area contributed by atoms with Crippen molar-refractivity contribution in [3.05, 3.63) is 0 Å². The number of rotatable bonds is 4. The minimum Gasteiger partial charge on any atom is -0.760 e. The van der Waals surface area contributed by atoms with Gasteiger partial charge in [-0.1, -0.05) is 0 Å². The standard InChI is InChI=1S/C3H9NO3S/c1-7-3-2-4-8(5)6/h4H,2-3H2,1H3,(H,5,6)/p-1. The van der Waals surface area contributed by atoms with Gasteiger partial charge in [-0.3, -0.25) is 4.21 Å². The molecule has 50 valence electrons. The van der Waals surface area contributed by atoms with Gasteiger partial charge in [0.2, 0.25) is 0 Å². The first-order valence-electron chi connectivity index (χ1n) is 2.09. The monoisotopic (exact) mass is 138 g/mol. The molecule has 0 aliphatic heterocycles. The predicted molar refractivity (Wildman–Crippen MR) is 28.8 cm³/mol. The highest BCUT2D eigenvalue weighted by molar-refractivity contribution is 7.77. The first-order valence-corrected chi connectivity index (χ1v) is 3.16. The second kappa shape index (κ2) is 5.17. The van der Waals surface area contributed by atoms with Crippen molar-refractivity contribution < 1.29 is 13.5 Å². The van der Waals surface area contributed by atoms with Gasteiger partial charge in [0, 0.05) is 24.9 Å². The van der Waals surface area contributed by atoms with E-state index in [-0.39, 0.29) is 0 Å². The van der Waals surface area contributed by atoms with Crippen LogP contribution in [0, 0.1) is 0 Å². The fourth-order valence-corrected chi connectivity index (χ4v) is 0.477. The Morgan fingerprint density at radius 1 is 1.88 bits per heavy atom. The predicted octanol–water partition coefficient (Wildman–Crippen LogP) is -0.984. The summed E-state index contributed by atoms with van der Waals surface area (Å²) in [6, 6.07) is 0. The third-order valence-corrected chi connectivity index (χ3v) is 0.966. The number of hydrogen-bond donors (Lipinski definition) is 1. The summed E-state index contributed by atoms with van der Waals surface area (Å²) in [5.41, 5.74) is 0. The summed E-state index contributed by atoms with van der Waals surface area (Å²) in [4.78, 5) is 0. The van der Waals surface area contributed by atoms with E-state index in [4.69, 9.17) is 0 Å². The lowest BCUT2D eigenvalue weighted by Gasteiger charge is -2.04. The highest BCUT2D eigenvalue weighted by Gasteiger charge is 1.80. The molecule has 0 radical (unpaired) electrons. The molecule has 0 saturated carbocycles. The zero-order valence-electron chi connectivity index (χ0n) is 4.55. The van der Waals surface area contributed by atoms with E-state index in [1.54, 1.807) is 0 Å². The molecule has 4 nitrogen and oxygen atoms in total. The number of ether oxygens (including phenoxy) is 1. The van der Waals surface area contributed by atoms with Crippen LogP contribution in [0.1, 0.15) is 0 Å². The maximum Gasteiger partial charge on any atom is 0.0596 e. The molecule has 0 saturated heterocycles. The molecule has 1 atom stereocenters. The van der Waals surface area contributed by atoms with Gasteiger partial charge in [-0.05, 0) is 0 Å². The summed E-state index contributed by atoms with van der Waals surface area (Å²) in [5.74, 6) is 0. The lowest BCUT2D eigenvalue weighted by Crippen LogP contribution is -2.20. The Kier molecular flexibility index (Phi) is 5.19. The third kappa shape index (κ3) is 6.03. The Morgan fingerprint density at radius 2 is 2.50 bits per heavy atom. The quantitative estimate of drug-likeness (QED) is 0.401. The molecule has 8 heavy (non-hydrogen) atoms. The first-order chi connectivity index (χ1) is 3.77. The van der Waals surface area contributed by atoms with Gasteiger partial charge in [0.25, 0.3) is 0 Å². The molecule has 1 unspecified atom stereocenters. The minimum absolute atomic E-state index is 0.340. The van der Waals surface area contributed by atoms with Crippen LogP contribution in [0.4, 0.5) is 0 Å². The smallest absolute Gasteiger partial charge is 0.0596 e. The molecule has 0 amide bonds. The average molecular weight is 138 g/mol. The van der Waals surface area contributed by atoms with Crippen LogP contribution in [0.15, 0.2) is 0 Å². The Morgan fingerprint density at radius 3 is 2.88 bits per heavy atom. The molecule has 0 fully saturated rings. The summed E-state index contributed by atoms with van der Waals surface area (Å²) < 4.78 is 26.1. The van der Waals surface area contributed by atoms with Crippen molar-refractivity contribution >= 4 is 11.3 Å². The molecule has 0 aliphatic carbocycles. The summed E-state index contributed by atoms with van der Waals surface area (Å²) in [5, 5.41) is 0. The van der Waals surface area contributed by atoms with Crippen molar-refractivity contribution in [2.75, 3.05) is 20.3 Å². The second-order valence-electron chi connectivity index (χ2n) is 1.12. The average Bonchev–Trinajstić information content (AvgIpc) is 1.66. The van der Waals surface area contributed by atoms with Crippen molar-refractivity contribution in [3.8, 4) is 0 Å². The fraction of sp³-hybridized carbons (Fsp3) is 1.00. The zero-order chi connectivity index (χ0) is 6.41. The largest absolute Gasteiger partial charge is 0.760 e. The van der Waals surface area contributed by atoms with Gasteiger partial charge in [-0.25, -0.2) is 4.72 Å². The van der Waals surface area contributed by atoms with Gasteiger partial charge in [-0.2, -0.15) is 0 Å². The summed E-state index contributed by atoms with van der Waals surface area (Å²) in [6.07, 6.45) is 0. The summed E-state index contributed by atoms with van der Waals surface area (Å²) >= 11 is -2.15. The molecular formula is C3H8NO3S-. The Bertz CT molecular complexity index is 76.9. The van der Waals surface area contributed by atoms with E-state index in [0.29, 0.717) is 13.2 Å². The lowest BCUT2D eigenvalue weighted by atomic mass is 10.7. The lowest BCUT2D eigenvalue weighted by molar-refractivity contribution is 0.204. The van der Waals surface area contributed by atoms with Crippen molar-refractivity contribution in [1.29, 1.82) is 0 Å². The molecule has 0 spiro atoms. The molecule has 5 heteroatoms. The molecule has 0 rings (SSSR count). The minimum atomic E-state index is -2.15. The Balaban J connectivity index is 2.82. The van der Waals surface area contributed by atoms with E-state index in [0.717, 1.165) is 0 Å². The van der Waals surface area contributed by atoms with Crippen LogP contribution < -0.4 is 4.72 Å². The van der Waals surface area contributed by atoms with E-state index >= 15 is 0 Å². The Hall–Kier alpha value is 0.0300. The van der Waals surface area contributed by atoms with E-state index < -0.39 is 11.3 Å². The van der Waals surface area contributed by atoms with E-state index in [1.807, 2.05) is 0 Å². The molecule has 0 aliphatic rings. The fourth-order valence-electron chi connectivity index (χ4n) is 0.227. The second-order valence-corrected chi connectivity index (χ2v) is 1.88. The number of methoxy groups -OCH3 is 1. The van der Waals surface area contributed by atoms with Gasteiger partial charge in [0.15, 0.2) is 0 Å². The molecular weight excluding hydrogens is 130 g/mol. The van der Waals surface area contributed by atoms with E-state index in [1.165, 1.54) is 7.11 Å². The highest BCUT2D eigenvalue weighted by atomic mass is 32.2. The van der Waals surface area contributed by atoms with E-state index in [9.17, 15) is 8.76 Å². The first kappa shape index (κ1) is 8.03. The maximum absolute atomic E-state index is 9.71. The molecule has 0 heterocycles.